The largest absolute Gasteiger partial charge is 0.301 e. The first-order valence-electron chi connectivity index (χ1n) is 8.28. The Kier molecular flexibility index (Phi) is 6.70. The second kappa shape index (κ2) is 8.56. The highest BCUT2D eigenvalue weighted by molar-refractivity contribution is 7.88. The number of hydrogen-bond acceptors (Lipinski definition) is 3. The van der Waals surface area contributed by atoms with E-state index in [0.717, 1.165) is 12.0 Å². The summed E-state index contributed by atoms with van der Waals surface area (Å²) in [5.74, 6) is -0.672. The fraction of sp³-hybridized carbons (Fsp3) is 0.368. The second-order valence-electron chi connectivity index (χ2n) is 6.31. The lowest BCUT2D eigenvalue weighted by Gasteiger charge is -2.25. The van der Waals surface area contributed by atoms with Crippen molar-refractivity contribution in [3.05, 3.63) is 71.0 Å². The van der Waals surface area contributed by atoms with Crippen molar-refractivity contribution in [2.45, 2.75) is 25.1 Å². The van der Waals surface area contributed by atoms with Crippen LogP contribution in [-0.2, 0) is 22.2 Å². The minimum atomic E-state index is -3.54. The van der Waals surface area contributed by atoms with Gasteiger partial charge >= 0.3 is 0 Å². The number of likely N-dealkylation sites (N-methyl/N-ethyl adjacent to an activating group) is 1. The van der Waals surface area contributed by atoms with E-state index in [2.05, 4.69) is 23.8 Å². The van der Waals surface area contributed by atoms with Crippen LogP contribution in [0.1, 0.15) is 29.7 Å². The summed E-state index contributed by atoms with van der Waals surface area (Å²) >= 11 is 0. The van der Waals surface area contributed by atoms with Crippen molar-refractivity contribution in [3.63, 3.8) is 0 Å². The van der Waals surface area contributed by atoms with E-state index in [1.165, 1.54) is 23.8 Å². The first-order chi connectivity index (χ1) is 11.8. The average Bonchev–Trinajstić information content (AvgIpc) is 2.54. The Bertz CT molecular complexity index is 789. The molecule has 0 aromatic heterocycles. The van der Waals surface area contributed by atoms with Crippen LogP contribution in [0.3, 0.4) is 0 Å². The van der Waals surface area contributed by atoms with Gasteiger partial charge in [-0.2, -0.15) is 0 Å². The van der Waals surface area contributed by atoms with Gasteiger partial charge in [-0.15, -0.1) is 0 Å². The summed E-state index contributed by atoms with van der Waals surface area (Å²) in [6.07, 6.45) is 0.965. The lowest BCUT2D eigenvalue weighted by atomic mass is 10.0. The van der Waals surface area contributed by atoms with Crippen LogP contribution in [0.5, 0.6) is 0 Å². The smallest absolute Gasteiger partial charge is 0.215 e. The van der Waals surface area contributed by atoms with Crippen LogP contribution in [0.4, 0.5) is 4.39 Å². The topological polar surface area (TPSA) is 49.4 Å². The molecule has 0 aliphatic carbocycles. The molecule has 1 atom stereocenters. The number of benzene rings is 2. The maximum Gasteiger partial charge on any atom is 0.215 e. The van der Waals surface area contributed by atoms with Gasteiger partial charge in [0.1, 0.15) is 5.82 Å². The van der Waals surface area contributed by atoms with E-state index in [1.54, 1.807) is 6.07 Å². The van der Waals surface area contributed by atoms with E-state index >= 15 is 0 Å². The molecule has 2 aromatic rings. The van der Waals surface area contributed by atoms with Crippen LogP contribution in [0.2, 0.25) is 0 Å². The Hall–Kier alpha value is -1.76. The van der Waals surface area contributed by atoms with Gasteiger partial charge < -0.3 is 4.90 Å². The number of aryl methyl sites for hydroxylation is 1. The van der Waals surface area contributed by atoms with Crippen LogP contribution in [0.15, 0.2) is 48.5 Å². The fourth-order valence-electron chi connectivity index (χ4n) is 2.68. The Morgan fingerprint density at radius 2 is 1.76 bits per heavy atom. The summed E-state index contributed by atoms with van der Waals surface area (Å²) in [6, 6.07) is 13.8. The molecule has 2 rings (SSSR count). The molecule has 0 bridgehead atoms. The van der Waals surface area contributed by atoms with Gasteiger partial charge in [0.05, 0.1) is 5.75 Å². The Morgan fingerprint density at radius 3 is 2.32 bits per heavy atom. The van der Waals surface area contributed by atoms with E-state index in [1.807, 2.05) is 31.1 Å². The number of sulfonamides is 1. The summed E-state index contributed by atoms with van der Waals surface area (Å²) in [7, 11) is 0.288. The number of halogens is 1. The Morgan fingerprint density at radius 1 is 1.08 bits per heavy atom. The SMILES string of the molecule is CCc1ccc(C(CNS(=O)(=O)Cc2cccc(F)c2)N(C)C)cc1. The van der Waals surface area contributed by atoms with Crippen molar-refractivity contribution in [2.75, 3.05) is 20.6 Å². The fourth-order valence-corrected chi connectivity index (χ4v) is 3.81. The third-order valence-corrected chi connectivity index (χ3v) is 5.46. The van der Waals surface area contributed by atoms with Crippen LogP contribution in [0.25, 0.3) is 0 Å². The molecule has 0 saturated heterocycles. The third-order valence-electron chi connectivity index (χ3n) is 4.14. The first-order valence-corrected chi connectivity index (χ1v) is 9.93. The molecular weight excluding hydrogens is 339 g/mol. The lowest BCUT2D eigenvalue weighted by Crippen LogP contribution is -2.35. The summed E-state index contributed by atoms with van der Waals surface area (Å²) in [5, 5.41) is 0. The van der Waals surface area contributed by atoms with Gasteiger partial charge in [-0.05, 0) is 49.3 Å². The predicted molar refractivity (Wildman–Crippen MR) is 99.3 cm³/mol. The monoisotopic (exact) mass is 364 g/mol. The maximum absolute atomic E-state index is 13.2. The highest BCUT2D eigenvalue weighted by atomic mass is 32.2. The van der Waals surface area contributed by atoms with Crippen molar-refractivity contribution in [1.29, 1.82) is 0 Å². The van der Waals surface area contributed by atoms with E-state index in [4.69, 9.17) is 0 Å². The highest BCUT2D eigenvalue weighted by Gasteiger charge is 2.18. The first kappa shape index (κ1) is 19.6. The van der Waals surface area contributed by atoms with Crippen molar-refractivity contribution in [3.8, 4) is 0 Å². The lowest BCUT2D eigenvalue weighted by molar-refractivity contribution is 0.299. The van der Waals surface area contributed by atoms with Crippen molar-refractivity contribution < 1.29 is 12.8 Å². The Balaban J connectivity index is 2.06. The Labute approximate surface area is 149 Å². The number of nitrogens with one attached hydrogen (secondary N) is 1. The minimum Gasteiger partial charge on any atom is -0.301 e. The molecule has 0 heterocycles. The number of rotatable bonds is 8. The van der Waals surface area contributed by atoms with Crippen LogP contribution < -0.4 is 4.72 Å². The normalized spacial score (nSPS) is 13.2. The molecule has 25 heavy (non-hydrogen) atoms. The number of nitrogens with zero attached hydrogens (tertiary/aromatic N) is 1. The highest BCUT2D eigenvalue weighted by Crippen LogP contribution is 2.19. The standard InChI is InChI=1S/C19H25FN2O2S/c1-4-15-8-10-17(11-9-15)19(22(2)3)13-21-25(23,24)14-16-6-5-7-18(20)12-16/h5-12,19,21H,4,13-14H2,1-3H3. The van der Waals surface area contributed by atoms with Crippen molar-refractivity contribution in [1.82, 2.24) is 9.62 Å². The van der Waals surface area contributed by atoms with E-state index in [9.17, 15) is 12.8 Å². The van der Waals surface area contributed by atoms with Crippen LogP contribution in [0, 0.1) is 5.82 Å². The van der Waals surface area contributed by atoms with Gasteiger partial charge in [-0.25, -0.2) is 17.5 Å². The van der Waals surface area contributed by atoms with Gasteiger partial charge in [0.2, 0.25) is 10.0 Å². The minimum absolute atomic E-state index is 0.0757. The van der Waals surface area contributed by atoms with E-state index in [0.29, 0.717) is 5.56 Å². The summed E-state index contributed by atoms with van der Waals surface area (Å²) in [4.78, 5) is 1.98. The molecule has 1 N–H and O–H groups in total. The molecule has 0 aliphatic heterocycles. The zero-order valence-corrected chi connectivity index (χ0v) is 15.7. The quantitative estimate of drug-likeness (QED) is 0.783. The van der Waals surface area contributed by atoms with Gasteiger partial charge in [0.15, 0.2) is 0 Å². The van der Waals surface area contributed by atoms with E-state index in [-0.39, 0.29) is 18.3 Å². The average molecular weight is 364 g/mol. The summed E-state index contributed by atoms with van der Waals surface area (Å²) < 4.78 is 40.5. The molecule has 0 fully saturated rings. The molecule has 0 aliphatic rings. The molecule has 1 unspecified atom stereocenters. The molecule has 0 spiro atoms. The van der Waals surface area contributed by atoms with Gasteiger partial charge in [0.25, 0.3) is 0 Å². The van der Waals surface area contributed by atoms with Crippen LogP contribution in [-0.4, -0.2) is 34.0 Å². The summed E-state index contributed by atoms with van der Waals surface area (Å²) in [5.41, 5.74) is 2.73. The van der Waals surface area contributed by atoms with Gasteiger partial charge in [0, 0.05) is 12.6 Å². The van der Waals surface area contributed by atoms with E-state index < -0.39 is 15.8 Å². The van der Waals surface area contributed by atoms with Crippen molar-refractivity contribution in [2.24, 2.45) is 0 Å². The molecule has 0 saturated carbocycles. The third kappa shape index (κ3) is 5.92. The van der Waals surface area contributed by atoms with Gasteiger partial charge in [-0.1, -0.05) is 43.3 Å². The molecule has 0 radical (unpaired) electrons. The second-order valence-corrected chi connectivity index (χ2v) is 8.12. The zero-order chi connectivity index (χ0) is 18.4. The maximum atomic E-state index is 13.2. The summed E-state index contributed by atoms with van der Waals surface area (Å²) in [6.45, 7) is 2.36. The van der Waals surface area contributed by atoms with Crippen molar-refractivity contribution >= 4 is 10.0 Å². The molecule has 2 aromatic carbocycles. The number of hydrogen-bond donors (Lipinski definition) is 1. The predicted octanol–water partition coefficient (Wildman–Crippen LogP) is 3.11. The van der Waals surface area contributed by atoms with Gasteiger partial charge in [-0.3, -0.25) is 0 Å². The van der Waals surface area contributed by atoms with Crippen LogP contribution >= 0.6 is 0 Å². The molecular formula is C19H25FN2O2S. The molecule has 136 valence electrons. The molecule has 4 nitrogen and oxygen atoms in total. The molecule has 6 heteroatoms. The molecule has 0 amide bonds. The zero-order valence-electron chi connectivity index (χ0n) is 14.9.